The molecular weight excluding hydrogens is 538 g/mol. The number of pyridine rings is 1. The van der Waals surface area contributed by atoms with Crippen molar-refractivity contribution in [3.05, 3.63) is 59.9 Å². The van der Waals surface area contributed by atoms with Crippen LogP contribution < -0.4 is 20.7 Å². The maximum atomic E-state index is 13.9. The minimum absolute atomic E-state index is 0.0232. The fourth-order valence-electron chi connectivity index (χ4n) is 5.28. The molecule has 0 saturated carbocycles. The van der Waals surface area contributed by atoms with Crippen LogP contribution in [-0.2, 0) is 32.2 Å². The molecule has 226 valence electrons. The van der Waals surface area contributed by atoms with Crippen LogP contribution in [-0.4, -0.2) is 75.4 Å². The Kier molecular flexibility index (Phi) is 10.5. The van der Waals surface area contributed by atoms with Gasteiger partial charge in [0.25, 0.3) is 0 Å². The van der Waals surface area contributed by atoms with Crippen LogP contribution in [0.2, 0.25) is 0 Å². The highest BCUT2D eigenvalue weighted by Crippen LogP contribution is 2.23. The average molecular weight is 580 g/mol. The third-order valence-electron chi connectivity index (χ3n) is 8.06. The van der Waals surface area contributed by atoms with Gasteiger partial charge < -0.3 is 30.7 Å². The molecule has 0 spiro atoms. The van der Waals surface area contributed by atoms with Crippen LogP contribution in [0.15, 0.2) is 48.7 Å². The number of fused-ring (bicyclic) bond motifs is 1. The summed E-state index contributed by atoms with van der Waals surface area (Å²) in [4.78, 5) is 60.0. The van der Waals surface area contributed by atoms with Crippen LogP contribution in [0, 0.1) is 0 Å². The molecule has 0 aliphatic carbocycles. The quantitative estimate of drug-likeness (QED) is 0.313. The summed E-state index contributed by atoms with van der Waals surface area (Å²) in [6.07, 6.45) is 4.61. The van der Waals surface area contributed by atoms with Crippen molar-refractivity contribution in [2.24, 2.45) is 0 Å². The standard InChI is InChI=1S/C31H41N5O6/c1-3-31(2)30(41)34-25(19-21-12-14-23(15-13-21)42-20-22-9-4-6-16-32-22)29(40)36-17-8-11-26(36)28(39)33-24(27(38)35-31)10-5-7-18-37/h4,6,9,12-16,24-26,37H,3,5,7-8,10-11,17-20H2,1-2H3,(H,33,39)(H,34,41)(H,35,38)/t24-,25-,26+,31-/m0/s1. The zero-order chi connectivity index (χ0) is 30.1. The Morgan fingerprint density at radius 2 is 1.81 bits per heavy atom. The number of aliphatic hydroxyl groups is 1. The van der Waals surface area contributed by atoms with Gasteiger partial charge in [-0.3, -0.25) is 24.2 Å². The van der Waals surface area contributed by atoms with E-state index in [4.69, 9.17) is 4.74 Å². The van der Waals surface area contributed by atoms with Crippen molar-refractivity contribution >= 4 is 23.6 Å². The number of aromatic nitrogens is 1. The van der Waals surface area contributed by atoms with Crippen LogP contribution >= 0.6 is 0 Å². The lowest BCUT2D eigenvalue weighted by Crippen LogP contribution is -2.65. The third kappa shape index (κ3) is 7.64. The van der Waals surface area contributed by atoms with Crippen LogP contribution in [0.3, 0.4) is 0 Å². The van der Waals surface area contributed by atoms with Gasteiger partial charge in [-0.2, -0.15) is 0 Å². The predicted octanol–water partition coefficient (Wildman–Crippen LogP) is 1.62. The van der Waals surface area contributed by atoms with E-state index in [1.54, 1.807) is 32.2 Å². The highest BCUT2D eigenvalue weighted by atomic mass is 16.5. The molecule has 2 saturated heterocycles. The lowest BCUT2D eigenvalue weighted by molar-refractivity contribution is -0.144. The number of rotatable bonds is 10. The number of unbranched alkanes of at least 4 members (excludes halogenated alkanes) is 1. The molecule has 1 aromatic heterocycles. The lowest BCUT2D eigenvalue weighted by Gasteiger charge is -2.36. The molecule has 11 nitrogen and oxygen atoms in total. The van der Waals surface area contributed by atoms with Crippen molar-refractivity contribution in [3.63, 3.8) is 0 Å². The highest BCUT2D eigenvalue weighted by Gasteiger charge is 2.43. The number of benzene rings is 1. The van der Waals surface area contributed by atoms with Gasteiger partial charge in [0.05, 0.1) is 5.69 Å². The van der Waals surface area contributed by atoms with Crippen molar-refractivity contribution < 1.29 is 29.0 Å². The number of aliphatic hydroxyl groups excluding tert-OH is 1. The third-order valence-corrected chi connectivity index (χ3v) is 8.06. The molecule has 4 rings (SSSR count). The molecule has 11 heteroatoms. The summed E-state index contributed by atoms with van der Waals surface area (Å²) >= 11 is 0. The normalized spacial score (nSPS) is 25.0. The van der Waals surface area contributed by atoms with Crippen molar-refractivity contribution in [1.29, 1.82) is 0 Å². The van der Waals surface area contributed by atoms with Crippen LogP contribution in [0.4, 0.5) is 0 Å². The van der Waals surface area contributed by atoms with Gasteiger partial charge in [0.15, 0.2) is 0 Å². The number of nitrogens with zero attached hydrogens (tertiary/aromatic N) is 2. The molecular formula is C31H41N5O6. The van der Waals surface area contributed by atoms with Gasteiger partial charge in [-0.1, -0.05) is 25.1 Å². The Balaban J connectivity index is 1.55. The van der Waals surface area contributed by atoms with E-state index in [-0.39, 0.29) is 31.3 Å². The van der Waals surface area contributed by atoms with E-state index < -0.39 is 35.5 Å². The van der Waals surface area contributed by atoms with E-state index in [1.807, 2.05) is 30.3 Å². The first-order chi connectivity index (χ1) is 20.2. The molecule has 0 bridgehead atoms. The second-order valence-electron chi connectivity index (χ2n) is 11.1. The number of nitrogens with one attached hydrogen (secondary N) is 3. The maximum Gasteiger partial charge on any atom is 0.246 e. The topological polar surface area (TPSA) is 150 Å². The molecule has 4 N–H and O–H groups in total. The van der Waals surface area contributed by atoms with Gasteiger partial charge in [0.1, 0.15) is 36.0 Å². The lowest BCUT2D eigenvalue weighted by atomic mass is 9.94. The zero-order valence-electron chi connectivity index (χ0n) is 24.3. The van der Waals surface area contributed by atoms with Crippen molar-refractivity contribution in [3.8, 4) is 5.75 Å². The number of ether oxygens (including phenoxy) is 1. The summed E-state index contributed by atoms with van der Waals surface area (Å²) in [5, 5.41) is 17.8. The number of hydrogen-bond donors (Lipinski definition) is 4. The Bertz CT molecular complexity index is 1240. The molecule has 4 atom stereocenters. The van der Waals surface area contributed by atoms with E-state index in [2.05, 4.69) is 20.9 Å². The van der Waals surface area contributed by atoms with Gasteiger partial charge in [-0.05, 0) is 75.3 Å². The second-order valence-corrected chi connectivity index (χ2v) is 11.1. The summed E-state index contributed by atoms with van der Waals surface area (Å²) in [5.74, 6) is -1.01. The summed E-state index contributed by atoms with van der Waals surface area (Å²) < 4.78 is 5.82. The first-order valence-corrected chi connectivity index (χ1v) is 14.7. The van der Waals surface area contributed by atoms with Gasteiger partial charge in [-0.15, -0.1) is 0 Å². The van der Waals surface area contributed by atoms with E-state index >= 15 is 0 Å². The molecule has 0 radical (unpaired) electrons. The van der Waals surface area contributed by atoms with Crippen molar-refractivity contribution in [1.82, 2.24) is 25.8 Å². The molecule has 2 aliphatic rings. The Labute approximate surface area is 246 Å². The monoisotopic (exact) mass is 579 g/mol. The van der Waals surface area contributed by atoms with Crippen molar-refractivity contribution in [2.45, 2.75) is 89.1 Å². The number of carbonyl (C=O) groups is 4. The summed E-state index contributed by atoms with van der Waals surface area (Å²) in [6, 6.07) is 10.4. The van der Waals surface area contributed by atoms with E-state index in [0.29, 0.717) is 51.0 Å². The van der Waals surface area contributed by atoms with Gasteiger partial charge >= 0.3 is 0 Å². The zero-order valence-corrected chi connectivity index (χ0v) is 24.3. The number of amides is 4. The van der Waals surface area contributed by atoms with E-state index in [9.17, 15) is 24.3 Å². The average Bonchev–Trinajstić information content (AvgIpc) is 3.50. The number of hydrogen-bond acceptors (Lipinski definition) is 7. The molecule has 42 heavy (non-hydrogen) atoms. The molecule has 4 amide bonds. The first-order valence-electron chi connectivity index (χ1n) is 14.7. The summed E-state index contributed by atoms with van der Waals surface area (Å²) in [5.41, 5.74) is 0.301. The maximum absolute atomic E-state index is 13.9. The van der Waals surface area contributed by atoms with E-state index in [0.717, 1.165) is 11.3 Å². The van der Waals surface area contributed by atoms with Crippen molar-refractivity contribution in [2.75, 3.05) is 13.2 Å². The SMILES string of the molecule is CC[C@]1(C)NC(=O)[C@H](CCCCO)NC(=O)[C@H]2CCCN2C(=O)[C@H](Cc2ccc(OCc3ccccn3)cc2)NC1=O. The molecule has 0 unspecified atom stereocenters. The summed E-state index contributed by atoms with van der Waals surface area (Å²) in [7, 11) is 0. The number of carbonyl (C=O) groups excluding carboxylic acids is 4. The summed E-state index contributed by atoms with van der Waals surface area (Å²) in [6.45, 7) is 4.08. The fraction of sp³-hybridized carbons (Fsp3) is 0.516. The molecule has 2 aliphatic heterocycles. The minimum Gasteiger partial charge on any atom is -0.487 e. The minimum atomic E-state index is -1.30. The smallest absolute Gasteiger partial charge is 0.246 e. The first kappa shape index (κ1) is 31.0. The highest BCUT2D eigenvalue weighted by molar-refractivity contribution is 5.99. The Morgan fingerprint density at radius 1 is 1.02 bits per heavy atom. The van der Waals surface area contributed by atoms with Gasteiger partial charge in [-0.25, -0.2) is 0 Å². The van der Waals surface area contributed by atoms with E-state index in [1.165, 1.54) is 4.90 Å². The van der Waals surface area contributed by atoms with Gasteiger partial charge in [0.2, 0.25) is 23.6 Å². The van der Waals surface area contributed by atoms with Crippen LogP contribution in [0.1, 0.15) is 63.6 Å². The van der Waals surface area contributed by atoms with Crippen LogP contribution in [0.25, 0.3) is 0 Å². The predicted molar refractivity (Wildman–Crippen MR) is 155 cm³/mol. The van der Waals surface area contributed by atoms with Gasteiger partial charge in [0, 0.05) is 25.8 Å². The molecule has 2 aromatic rings. The van der Waals surface area contributed by atoms with Crippen LogP contribution in [0.5, 0.6) is 5.75 Å². The Morgan fingerprint density at radius 3 is 2.50 bits per heavy atom. The largest absolute Gasteiger partial charge is 0.487 e. The second kappa shape index (κ2) is 14.3. The molecule has 3 heterocycles. The fourth-order valence-corrected chi connectivity index (χ4v) is 5.28. The Hall–Kier alpha value is -3.99. The molecule has 2 fully saturated rings. The molecule has 1 aromatic carbocycles.